The number of benzene rings is 1. The number of carbonyl (C=O) groups excluding carboxylic acids is 1. The summed E-state index contributed by atoms with van der Waals surface area (Å²) in [6.45, 7) is 6.70. The zero-order chi connectivity index (χ0) is 17.7. The fourth-order valence-corrected chi connectivity index (χ4v) is 3.08. The summed E-state index contributed by atoms with van der Waals surface area (Å²) in [7, 11) is 0. The molecule has 1 aliphatic rings. The first-order valence-electron chi connectivity index (χ1n) is 8.24. The van der Waals surface area contributed by atoms with Crippen molar-refractivity contribution in [3.05, 3.63) is 35.9 Å². The van der Waals surface area contributed by atoms with Crippen molar-refractivity contribution < 1.29 is 19.4 Å². The summed E-state index contributed by atoms with van der Waals surface area (Å²) in [5, 5.41) is 12.2. The van der Waals surface area contributed by atoms with E-state index in [0.29, 0.717) is 19.4 Å². The lowest BCUT2D eigenvalue weighted by molar-refractivity contribution is 0.0468. The molecule has 1 aromatic carbocycles. The summed E-state index contributed by atoms with van der Waals surface area (Å²) < 4.78 is 5.25. The molecule has 2 N–H and O–H groups in total. The van der Waals surface area contributed by atoms with Gasteiger partial charge in [0.15, 0.2) is 0 Å². The van der Waals surface area contributed by atoms with Gasteiger partial charge in [0.25, 0.3) is 0 Å². The summed E-state index contributed by atoms with van der Waals surface area (Å²) in [6, 6.07) is 9.28. The third-order valence-corrected chi connectivity index (χ3v) is 4.38. The van der Waals surface area contributed by atoms with Gasteiger partial charge in [0, 0.05) is 18.6 Å². The molecule has 24 heavy (non-hydrogen) atoms. The Balaban J connectivity index is 1.88. The van der Waals surface area contributed by atoms with Gasteiger partial charge in [-0.3, -0.25) is 0 Å². The number of hydrogen-bond acceptors (Lipinski definition) is 3. The molecule has 0 radical (unpaired) electrons. The fraction of sp³-hybridized carbons (Fsp3) is 0.556. The summed E-state index contributed by atoms with van der Waals surface area (Å²) >= 11 is 0. The third kappa shape index (κ3) is 4.88. The molecule has 0 bridgehead atoms. The Labute approximate surface area is 142 Å². The van der Waals surface area contributed by atoms with Crippen LogP contribution in [-0.4, -0.2) is 40.8 Å². The van der Waals surface area contributed by atoms with Crippen molar-refractivity contribution in [2.45, 2.75) is 52.3 Å². The van der Waals surface area contributed by atoms with Gasteiger partial charge in [0.1, 0.15) is 6.61 Å². The van der Waals surface area contributed by atoms with Crippen LogP contribution < -0.4 is 5.32 Å². The monoisotopic (exact) mass is 334 g/mol. The highest BCUT2D eigenvalue weighted by Crippen LogP contribution is 2.32. The van der Waals surface area contributed by atoms with E-state index >= 15 is 0 Å². The lowest BCUT2D eigenvalue weighted by Gasteiger charge is -2.44. The Morgan fingerprint density at radius 2 is 1.96 bits per heavy atom. The van der Waals surface area contributed by atoms with Crippen LogP contribution in [0.3, 0.4) is 0 Å². The molecular weight excluding hydrogens is 308 g/mol. The summed E-state index contributed by atoms with van der Waals surface area (Å²) in [6.07, 6.45) is -0.171. The standard InChI is InChI=1S/C18H26N2O4/c1-18(2,3)15-11-14(9-10-20(15)17(22)23)19-16(21)24-12-13-7-5-4-6-8-13/h4-8,14-15H,9-12H2,1-3H3,(H,19,21)(H,22,23). The molecule has 2 unspecified atom stereocenters. The largest absolute Gasteiger partial charge is 0.465 e. The topological polar surface area (TPSA) is 78.9 Å². The fourth-order valence-electron chi connectivity index (χ4n) is 3.08. The van der Waals surface area contributed by atoms with E-state index in [0.717, 1.165) is 5.56 Å². The summed E-state index contributed by atoms with van der Waals surface area (Å²) in [4.78, 5) is 24.9. The second-order valence-corrected chi connectivity index (χ2v) is 7.29. The van der Waals surface area contributed by atoms with E-state index in [1.165, 1.54) is 4.90 Å². The maximum Gasteiger partial charge on any atom is 0.407 e. The molecular formula is C18H26N2O4. The Kier molecular flexibility index (Phi) is 5.70. The number of carboxylic acid groups (broad SMARTS) is 1. The van der Waals surface area contributed by atoms with Crippen LogP contribution in [-0.2, 0) is 11.3 Å². The first-order chi connectivity index (χ1) is 11.3. The minimum atomic E-state index is -0.903. The molecule has 1 aromatic rings. The van der Waals surface area contributed by atoms with E-state index in [1.54, 1.807) is 0 Å². The molecule has 1 aliphatic heterocycles. The molecule has 1 fully saturated rings. The molecule has 2 amide bonds. The minimum Gasteiger partial charge on any atom is -0.465 e. The van der Waals surface area contributed by atoms with Crippen LogP contribution in [0.25, 0.3) is 0 Å². The SMILES string of the molecule is CC(C)(C)C1CC(NC(=O)OCc2ccccc2)CCN1C(=O)O. The molecule has 6 nitrogen and oxygen atoms in total. The lowest BCUT2D eigenvalue weighted by atomic mass is 9.79. The number of hydrogen-bond donors (Lipinski definition) is 2. The van der Waals surface area contributed by atoms with E-state index in [9.17, 15) is 14.7 Å². The summed E-state index contributed by atoms with van der Waals surface area (Å²) in [5.41, 5.74) is 0.744. The highest BCUT2D eigenvalue weighted by atomic mass is 16.5. The van der Waals surface area contributed by atoms with Gasteiger partial charge in [-0.05, 0) is 23.8 Å². The van der Waals surface area contributed by atoms with Crippen LogP contribution >= 0.6 is 0 Å². The highest BCUT2D eigenvalue weighted by molar-refractivity contribution is 5.68. The number of ether oxygens (including phenoxy) is 1. The molecule has 1 heterocycles. The Morgan fingerprint density at radius 3 is 2.54 bits per heavy atom. The van der Waals surface area contributed by atoms with Crippen molar-refractivity contribution >= 4 is 12.2 Å². The van der Waals surface area contributed by atoms with Crippen molar-refractivity contribution in [3.8, 4) is 0 Å². The smallest absolute Gasteiger partial charge is 0.407 e. The maximum absolute atomic E-state index is 12.0. The van der Waals surface area contributed by atoms with Crippen LogP contribution in [0.2, 0.25) is 0 Å². The quantitative estimate of drug-likeness (QED) is 0.887. The van der Waals surface area contributed by atoms with Crippen LogP contribution in [0, 0.1) is 5.41 Å². The number of carbonyl (C=O) groups is 2. The maximum atomic E-state index is 12.0. The van der Waals surface area contributed by atoms with Gasteiger partial charge in [-0.15, -0.1) is 0 Å². The number of nitrogens with one attached hydrogen (secondary N) is 1. The average Bonchev–Trinajstić information content (AvgIpc) is 2.53. The van der Waals surface area contributed by atoms with Crippen LogP contribution in [0.5, 0.6) is 0 Å². The molecule has 2 atom stereocenters. The Hall–Kier alpha value is -2.24. The van der Waals surface area contributed by atoms with Gasteiger partial charge < -0.3 is 20.1 Å². The lowest BCUT2D eigenvalue weighted by Crippen LogP contribution is -2.56. The molecule has 0 aliphatic carbocycles. The molecule has 1 saturated heterocycles. The van der Waals surface area contributed by atoms with E-state index in [-0.39, 0.29) is 24.1 Å². The molecule has 0 saturated carbocycles. The van der Waals surface area contributed by atoms with Crippen molar-refractivity contribution in [2.75, 3.05) is 6.54 Å². The van der Waals surface area contributed by atoms with E-state index in [1.807, 2.05) is 51.1 Å². The van der Waals surface area contributed by atoms with E-state index < -0.39 is 12.2 Å². The highest BCUT2D eigenvalue weighted by Gasteiger charge is 2.39. The van der Waals surface area contributed by atoms with Gasteiger partial charge in [-0.2, -0.15) is 0 Å². The third-order valence-electron chi connectivity index (χ3n) is 4.38. The first-order valence-corrected chi connectivity index (χ1v) is 8.24. The van der Waals surface area contributed by atoms with Crippen molar-refractivity contribution in [3.63, 3.8) is 0 Å². The number of alkyl carbamates (subject to hydrolysis) is 1. The number of rotatable bonds is 3. The molecule has 0 spiro atoms. The second-order valence-electron chi connectivity index (χ2n) is 7.29. The minimum absolute atomic E-state index is 0.0758. The zero-order valence-electron chi connectivity index (χ0n) is 14.5. The number of amides is 2. The van der Waals surface area contributed by atoms with Gasteiger partial charge in [0.05, 0.1) is 0 Å². The molecule has 132 valence electrons. The van der Waals surface area contributed by atoms with Crippen molar-refractivity contribution in [1.82, 2.24) is 10.2 Å². The van der Waals surface area contributed by atoms with E-state index in [4.69, 9.17) is 4.74 Å². The zero-order valence-corrected chi connectivity index (χ0v) is 14.5. The first kappa shape index (κ1) is 18.1. The van der Waals surface area contributed by atoms with Crippen molar-refractivity contribution in [2.24, 2.45) is 5.41 Å². The predicted molar refractivity (Wildman–Crippen MR) is 90.8 cm³/mol. The molecule has 6 heteroatoms. The van der Waals surface area contributed by atoms with Gasteiger partial charge in [0.2, 0.25) is 0 Å². The number of nitrogens with zero attached hydrogens (tertiary/aromatic N) is 1. The predicted octanol–water partition coefficient (Wildman–Crippen LogP) is 3.47. The average molecular weight is 334 g/mol. The normalized spacial score (nSPS) is 21.2. The van der Waals surface area contributed by atoms with Crippen LogP contribution in [0.4, 0.5) is 9.59 Å². The van der Waals surface area contributed by atoms with E-state index in [2.05, 4.69) is 5.32 Å². The van der Waals surface area contributed by atoms with Gasteiger partial charge in [-0.25, -0.2) is 9.59 Å². The van der Waals surface area contributed by atoms with Gasteiger partial charge in [-0.1, -0.05) is 51.1 Å². The Morgan fingerprint density at radius 1 is 1.29 bits per heavy atom. The molecule has 2 rings (SSSR count). The summed E-state index contributed by atoms with van der Waals surface area (Å²) in [5.74, 6) is 0. The molecule has 0 aromatic heterocycles. The van der Waals surface area contributed by atoms with Crippen molar-refractivity contribution in [1.29, 1.82) is 0 Å². The number of likely N-dealkylation sites (tertiary alicyclic amines) is 1. The number of piperidine rings is 1. The van der Waals surface area contributed by atoms with Crippen LogP contribution in [0.1, 0.15) is 39.2 Å². The second kappa shape index (κ2) is 7.55. The van der Waals surface area contributed by atoms with Gasteiger partial charge >= 0.3 is 12.2 Å². The van der Waals surface area contributed by atoms with Crippen LogP contribution in [0.15, 0.2) is 30.3 Å². The Bertz CT molecular complexity index is 568.